The highest BCUT2D eigenvalue weighted by molar-refractivity contribution is 9.10. The van der Waals surface area contributed by atoms with E-state index in [1.165, 1.54) is 0 Å². The molecule has 1 aliphatic carbocycles. The highest BCUT2D eigenvalue weighted by atomic mass is 79.9. The Hall–Kier alpha value is -2.54. The van der Waals surface area contributed by atoms with E-state index in [1.54, 1.807) is 0 Å². The Morgan fingerprint density at radius 1 is 1.06 bits per heavy atom. The first-order chi connectivity index (χ1) is 14.9. The largest absolute Gasteiger partial charge is 0.490 e. The van der Waals surface area contributed by atoms with Crippen LogP contribution >= 0.6 is 15.9 Å². The third kappa shape index (κ3) is 6.47. The summed E-state index contributed by atoms with van der Waals surface area (Å²) in [6, 6.07) is 11.1. The molecule has 1 saturated carbocycles. The normalized spacial score (nSPS) is 13.9. The van der Waals surface area contributed by atoms with E-state index in [9.17, 15) is 9.59 Å². The summed E-state index contributed by atoms with van der Waals surface area (Å²) < 4.78 is 12.1. The van der Waals surface area contributed by atoms with E-state index in [0.29, 0.717) is 24.7 Å². The molecule has 2 N–H and O–H groups in total. The molecule has 0 radical (unpaired) electrons. The van der Waals surface area contributed by atoms with E-state index in [-0.39, 0.29) is 30.2 Å². The average Bonchev–Trinajstić information content (AvgIpc) is 3.57. The minimum absolute atomic E-state index is 0.0847. The molecule has 0 bridgehead atoms. The van der Waals surface area contributed by atoms with Crippen molar-refractivity contribution in [3.63, 3.8) is 0 Å². The Balaban J connectivity index is 1.60. The van der Waals surface area contributed by atoms with Gasteiger partial charge in [0.25, 0.3) is 0 Å². The number of anilines is 1. The van der Waals surface area contributed by atoms with Gasteiger partial charge in [-0.25, -0.2) is 0 Å². The van der Waals surface area contributed by atoms with Crippen LogP contribution in [0.25, 0.3) is 0 Å². The predicted molar refractivity (Wildman–Crippen MR) is 125 cm³/mol. The number of amides is 2. The van der Waals surface area contributed by atoms with Gasteiger partial charge in [-0.15, -0.1) is 0 Å². The van der Waals surface area contributed by atoms with Gasteiger partial charge in [0, 0.05) is 16.1 Å². The van der Waals surface area contributed by atoms with Crippen LogP contribution < -0.4 is 20.1 Å². The lowest BCUT2D eigenvalue weighted by Gasteiger charge is -2.17. The van der Waals surface area contributed by atoms with Gasteiger partial charge >= 0.3 is 0 Å². The zero-order valence-electron chi connectivity index (χ0n) is 18.2. The van der Waals surface area contributed by atoms with Crippen LogP contribution in [0.1, 0.15) is 50.8 Å². The summed E-state index contributed by atoms with van der Waals surface area (Å²) in [4.78, 5) is 24.5. The fourth-order valence-electron chi connectivity index (χ4n) is 3.24. The highest BCUT2D eigenvalue weighted by Gasteiger charge is 2.29. The zero-order chi connectivity index (χ0) is 22.4. The number of halogens is 1. The molecule has 0 aromatic heterocycles. The van der Waals surface area contributed by atoms with Gasteiger partial charge in [0.05, 0.1) is 25.7 Å². The van der Waals surface area contributed by atoms with Gasteiger partial charge in [0.2, 0.25) is 11.8 Å². The lowest BCUT2D eigenvalue weighted by Crippen LogP contribution is -2.28. The molecule has 6 nitrogen and oxygen atoms in total. The van der Waals surface area contributed by atoms with E-state index in [0.717, 1.165) is 34.1 Å². The molecule has 0 saturated heterocycles. The monoisotopic (exact) mass is 488 g/mol. The molecule has 1 aliphatic rings. The Labute approximate surface area is 191 Å². The van der Waals surface area contributed by atoms with Crippen molar-refractivity contribution in [2.45, 2.75) is 46.1 Å². The highest BCUT2D eigenvalue weighted by Crippen LogP contribution is 2.34. The van der Waals surface area contributed by atoms with Crippen molar-refractivity contribution in [2.75, 3.05) is 18.5 Å². The first-order valence-electron chi connectivity index (χ1n) is 10.7. The van der Waals surface area contributed by atoms with Gasteiger partial charge in [-0.1, -0.05) is 28.1 Å². The summed E-state index contributed by atoms with van der Waals surface area (Å²) in [6.07, 6.45) is 2.17. The van der Waals surface area contributed by atoms with Crippen LogP contribution in [0.3, 0.4) is 0 Å². The van der Waals surface area contributed by atoms with Gasteiger partial charge in [-0.3, -0.25) is 9.59 Å². The quantitative estimate of drug-likeness (QED) is 0.492. The lowest BCUT2D eigenvalue weighted by atomic mass is 10.1. The molecule has 2 aromatic carbocycles. The SMILES string of the molecule is CCOc1cc(Br)c(CC(=O)NC(C)c2ccc(NC(=O)C3CC3)cc2)cc1OCC. The van der Waals surface area contributed by atoms with E-state index in [4.69, 9.17) is 9.47 Å². The van der Waals surface area contributed by atoms with Gasteiger partial charge in [0.1, 0.15) is 0 Å². The summed E-state index contributed by atoms with van der Waals surface area (Å²) in [5.74, 6) is 1.45. The first kappa shape index (κ1) is 23.1. The van der Waals surface area contributed by atoms with Gasteiger partial charge in [-0.2, -0.15) is 0 Å². The average molecular weight is 489 g/mol. The van der Waals surface area contributed by atoms with Gasteiger partial charge < -0.3 is 20.1 Å². The molecule has 0 aliphatic heterocycles. The second-order valence-corrected chi connectivity index (χ2v) is 8.46. The fraction of sp³-hybridized carbons (Fsp3) is 0.417. The van der Waals surface area contributed by atoms with Crippen LogP contribution in [-0.2, 0) is 16.0 Å². The van der Waals surface area contributed by atoms with Crippen molar-refractivity contribution in [1.82, 2.24) is 5.32 Å². The molecular weight excluding hydrogens is 460 g/mol. The molecule has 2 amide bonds. The molecular formula is C24H29BrN2O4. The van der Waals surface area contributed by atoms with Crippen LogP contribution in [-0.4, -0.2) is 25.0 Å². The smallest absolute Gasteiger partial charge is 0.227 e. The number of benzene rings is 2. The van der Waals surface area contributed by atoms with Crippen molar-refractivity contribution < 1.29 is 19.1 Å². The Kier molecular flexibility index (Phi) is 7.96. The van der Waals surface area contributed by atoms with Crippen molar-refractivity contribution >= 4 is 33.4 Å². The standard InChI is InChI=1S/C24H29BrN2O4/c1-4-30-21-12-18(20(25)14-22(21)31-5-2)13-23(28)26-15(3)16-8-10-19(11-9-16)27-24(29)17-6-7-17/h8-12,14-15,17H,4-7,13H2,1-3H3,(H,26,28)(H,27,29). The van der Waals surface area contributed by atoms with E-state index >= 15 is 0 Å². The van der Waals surface area contributed by atoms with Crippen molar-refractivity contribution in [3.05, 3.63) is 52.0 Å². The fourth-order valence-corrected chi connectivity index (χ4v) is 3.71. The molecule has 3 rings (SSSR count). The number of hydrogen-bond acceptors (Lipinski definition) is 4. The molecule has 1 fully saturated rings. The minimum Gasteiger partial charge on any atom is -0.490 e. The molecule has 31 heavy (non-hydrogen) atoms. The molecule has 0 spiro atoms. The minimum atomic E-state index is -0.159. The van der Waals surface area contributed by atoms with Crippen LogP contribution in [0.2, 0.25) is 0 Å². The summed E-state index contributed by atoms with van der Waals surface area (Å²) in [5.41, 5.74) is 2.58. The Morgan fingerprint density at radius 2 is 1.68 bits per heavy atom. The predicted octanol–water partition coefficient (Wildman–Crippen LogP) is 5.01. The lowest BCUT2D eigenvalue weighted by molar-refractivity contribution is -0.121. The Bertz CT molecular complexity index is 926. The first-order valence-corrected chi connectivity index (χ1v) is 11.5. The summed E-state index contributed by atoms with van der Waals surface area (Å²) in [6.45, 7) is 6.82. The Morgan fingerprint density at radius 3 is 2.26 bits per heavy atom. The molecule has 2 aromatic rings. The topological polar surface area (TPSA) is 76.7 Å². The molecule has 1 unspecified atom stereocenters. The number of nitrogens with one attached hydrogen (secondary N) is 2. The van der Waals surface area contributed by atoms with Crippen LogP contribution in [0.4, 0.5) is 5.69 Å². The second kappa shape index (κ2) is 10.7. The van der Waals surface area contributed by atoms with Crippen LogP contribution in [0.5, 0.6) is 11.5 Å². The van der Waals surface area contributed by atoms with Gasteiger partial charge in [0.15, 0.2) is 11.5 Å². The molecule has 1 atom stereocenters. The zero-order valence-corrected chi connectivity index (χ0v) is 19.8. The second-order valence-electron chi connectivity index (χ2n) is 7.61. The van der Waals surface area contributed by atoms with Crippen LogP contribution in [0.15, 0.2) is 40.9 Å². The van der Waals surface area contributed by atoms with Gasteiger partial charge in [-0.05, 0) is 69.0 Å². The molecule has 0 heterocycles. The number of carbonyl (C=O) groups excluding carboxylic acids is 2. The van der Waals surface area contributed by atoms with E-state index in [1.807, 2.05) is 57.2 Å². The van der Waals surface area contributed by atoms with Crippen molar-refractivity contribution in [1.29, 1.82) is 0 Å². The van der Waals surface area contributed by atoms with Crippen LogP contribution in [0, 0.1) is 5.92 Å². The third-order valence-electron chi connectivity index (χ3n) is 5.07. The van der Waals surface area contributed by atoms with E-state index < -0.39 is 0 Å². The maximum Gasteiger partial charge on any atom is 0.227 e. The number of hydrogen-bond donors (Lipinski definition) is 2. The third-order valence-corrected chi connectivity index (χ3v) is 5.81. The number of rotatable bonds is 10. The number of carbonyl (C=O) groups is 2. The molecule has 7 heteroatoms. The maximum absolute atomic E-state index is 12.7. The molecule has 166 valence electrons. The van der Waals surface area contributed by atoms with E-state index in [2.05, 4.69) is 26.6 Å². The van der Waals surface area contributed by atoms with Crippen molar-refractivity contribution in [2.24, 2.45) is 5.92 Å². The number of ether oxygens (including phenoxy) is 2. The van der Waals surface area contributed by atoms with Crippen molar-refractivity contribution in [3.8, 4) is 11.5 Å². The summed E-state index contributed by atoms with van der Waals surface area (Å²) in [7, 11) is 0. The maximum atomic E-state index is 12.7. The summed E-state index contributed by atoms with van der Waals surface area (Å²) in [5, 5.41) is 5.96. The summed E-state index contributed by atoms with van der Waals surface area (Å²) >= 11 is 3.53.